The van der Waals surface area contributed by atoms with Crippen LogP contribution in [0.25, 0.3) is 0 Å². The van der Waals surface area contributed by atoms with Gasteiger partial charge in [0, 0.05) is 0 Å². The first-order valence-electron chi connectivity index (χ1n) is 14.0. The number of rotatable bonds is 10. The fourth-order valence-corrected chi connectivity index (χ4v) is 15.8. The Bertz CT molecular complexity index is 1590. The van der Waals surface area contributed by atoms with E-state index in [1.165, 1.54) is 0 Å². The molecule has 1 aromatic heterocycles. The number of hydrogen-bond donors (Lipinski definition) is 0. The third-order valence-corrected chi connectivity index (χ3v) is 17.3. The fraction of sp³-hybridized carbons (Fsp3) is 0.143. The van der Waals surface area contributed by atoms with Crippen LogP contribution in [-0.2, 0) is 4.74 Å². The van der Waals surface area contributed by atoms with Crippen LogP contribution in [0.5, 0.6) is 5.95 Å². The summed E-state index contributed by atoms with van der Waals surface area (Å²) >= 11 is -4.23. The summed E-state index contributed by atoms with van der Waals surface area (Å²) in [6.45, 7) is 3.79. The number of hydrogen-bond acceptors (Lipinski definition) is 6. The Labute approximate surface area is 248 Å². The summed E-state index contributed by atoms with van der Waals surface area (Å²) < 4.78 is 21.3. The molecule has 0 aliphatic carbocycles. The van der Waals surface area contributed by atoms with E-state index in [1.807, 2.05) is 96.9 Å². The van der Waals surface area contributed by atoms with E-state index in [1.54, 1.807) is 13.8 Å². The van der Waals surface area contributed by atoms with Gasteiger partial charge < -0.3 is 0 Å². The topological polar surface area (TPSA) is 69.0 Å². The van der Waals surface area contributed by atoms with Crippen molar-refractivity contribution in [1.29, 1.82) is 0 Å². The molecular weight excluding hydrogens is 587 g/mol. The van der Waals surface area contributed by atoms with Gasteiger partial charge in [-0.2, -0.15) is 0 Å². The third kappa shape index (κ3) is 5.26. The summed E-state index contributed by atoms with van der Waals surface area (Å²) in [5.41, 5.74) is 0.146. The SMILES string of the molecule is CCOC(=O)c1c(OCC)oc(N(C)c2ccccc2)[c]([Ge]([c]2ccccc2)([c]2ccccc2)[c]2ccccc2)c1=O. The summed E-state index contributed by atoms with van der Waals surface area (Å²) in [5, 5.41) is 0. The van der Waals surface area contributed by atoms with Crippen LogP contribution in [0.2, 0.25) is 0 Å². The zero-order valence-electron chi connectivity index (χ0n) is 23.9. The molecule has 0 atom stereocenters. The van der Waals surface area contributed by atoms with Crippen molar-refractivity contribution in [3.63, 3.8) is 0 Å². The average Bonchev–Trinajstić information content (AvgIpc) is 3.04. The van der Waals surface area contributed by atoms with E-state index < -0.39 is 24.7 Å². The van der Waals surface area contributed by atoms with Crippen molar-refractivity contribution in [2.75, 3.05) is 25.2 Å². The van der Waals surface area contributed by atoms with Gasteiger partial charge in [0.15, 0.2) is 0 Å². The van der Waals surface area contributed by atoms with Gasteiger partial charge >= 0.3 is 249 Å². The van der Waals surface area contributed by atoms with E-state index in [9.17, 15) is 4.79 Å². The molecule has 42 heavy (non-hydrogen) atoms. The standard InChI is InChI=1S/C35H33GeNO5/c1-4-40-34(39)30-32(38)31(33(42-35(30)41-5-2)37(3)29-24-16-9-17-25-29)36(26-18-10-6-11-19-26,27-20-12-7-13-21-27)28-22-14-8-15-23-28/h6-25H,4-5H2,1-3H3. The maximum atomic E-state index is 15.1. The van der Waals surface area contributed by atoms with Crippen LogP contribution in [0.15, 0.2) is 131 Å². The summed E-state index contributed by atoms with van der Waals surface area (Å²) in [5.74, 6) is -0.581. The van der Waals surface area contributed by atoms with Crippen LogP contribution in [0.1, 0.15) is 24.2 Å². The van der Waals surface area contributed by atoms with Gasteiger partial charge in [-0.15, -0.1) is 0 Å². The van der Waals surface area contributed by atoms with Crippen molar-refractivity contribution in [2.24, 2.45) is 0 Å². The number of esters is 1. The normalized spacial score (nSPS) is 11.1. The number of benzene rings is 4. The van der Waals surface area contributed by atoms with Crippen LogP contribution in [0.4, 0.5) is 11.6 Å². The minimum atomic E-state index is -4.23. The molecule has 0 saturated heterocycles. The number of carbonyl (C=O) groups excluding carboxylic acids is 1. The van der Waals surface area contributed by atoms with E-state index in [2.05, 4.69) is 36.4 Å². The zero-order valence-corrected chi connectivity index (χ0v) is 26.0. The second-order valence-electron chi connectivity index (χ2n) is 9.67. The zero-order chi connectivity index (χ0) is 29.5. The number of nitrogens with zero attached hydrogens (tertiary/aromatic N) is 1. The molecule has 5 rings (SSSR count). The number of ether oxygens (including phenoxy) is 2. The molecule has 0 fully saturated rings. The molecule has 7 heteroatoms. The van der Waals surface area contributed by atoms with Crippen molar-refractivity contribution in [1.82, 2.24) is 0 Å². The first-order chi connectivity index (χ1) is 20.5. The van der Waals surface area contributed by atoms with E-state index in [-0.39, 0.29) is 24.7 Å². The molecule has 0 aliphatic rings. The summed E-state index contributed by atoms with van der Waals surface area (Å²) in [4.78, 5) is 30.4. The maximum absolute atomic E-state index is 15.1. The molecule has 0 spiro atoms. The van der Waals surface area contributed by atoms with Gasteiger partial charge in [0.25, 0.3) is 0 Å². The van der Waals surface area contributed by atoms with Gasteiger partial charge in [-0.25, -0.2) is 0 Å². The molecule has 0 N–H and O–H groups in total. The second kappa shape index (κ2) is 13.0. The minimum absolute atomic E-state index is 0.105. The van der Waals surface area contributed by atoms with E-state index >= 15 is 4.79 Å². The number of para-hydroxylation sites is 1. The monoisotopic (exact) mass is 621 g/mol. The Hall–Kier alpha value is -4.56. The Morgan fingerprint density at radius 2 is 1.17 bits per heavy atom. The van der Waals surface area contributed by atoms with Crippen LogP contribution in [-0.4, -0.2) is 39.5 Å². The molecule has 0 amide bonds. The van der Waals surface area contributed by atoms with Gasteiger partial charge in [0.1, 0.15) is 0 Å². The van der Waals surface area contributed by atoms with Crippen LogP contribution >= 0.6 is 0 Å². The van der Waals surface area contributed by atoms with Crippen molar-refractivity contribution in [3.8, 4) is 5.95 Å². The van der Waals surface area contributed by atoms with Crippen molar-refractivity contribution < 1.29 is 18.7 Å². The van der Waals surface area contributed by atoms with Gasteiger partial charge in [-0.05, 0) is 0 Å². The Morgan fingerprint density at radius 3 is 1.60 bits per heavy atom. The van der Waals surface area contributed by atoms with Crippen molar-refractivity contribution >= 4 is 48.4 Å². The van der Waals surface area contributed by atoms with Gasteiger partial charge in [-0.3, -0.25) is 0 Å². The molecule has 0 bridgehead atoms. The second-order valence-corrected chi connectivity index (χ2v) is 17.5. The molecule has 0 radical (unpaired) electrons. The Balaban J connectivity index is 2.03. The van der Waals surface area contributed by atoms with Crippen LogP contribution < -0.4 is 32.6 Å². The molecule has 5 aromatic rings. The molecular formula is C35H33GeNO5. The van der Waals surface area contributed by atoms with E-state index in [0.717, 1.165) is 18.9 Å². The fourth-order valence-electron chi connectivity index (χ4n) is 5.45. The first-order valence-corrected chi connectivity index (χ1v) is 18.2. The van der Waals surface area contributed by atoms with Crippen molar-refractivity contribution in [2.45, 2.75) is 13.8 Å². The van der Waals surface area contributed by atoms with Crippen LogP contribution in [0.3, 0.4) is 0 Å². The first kappa shape index (κ1) is 29.0. The molecule has 212 valence electrons. The average molecular weight is 620 g/mol. The molecule has 0 saturated carbocycles. The predicted octanol–water partition coefficient (Wildman–Crippen LogP) is 4.36. The third-order valence-electron chi connectivity index (χ3n) is 7.26. The Morgan fingerprint density at radius 1 is 0.714 bits per heavy atom. The quantitative estimate of drug-likeness (QED) is 0.171. The van der Waals surface area contributed by atoms with Gasteiger partial charge in [0.05, 0.1) is 0 Å². The van der Waals surface area contributed by atoms with Gasteiger partial charge in [-0.1, -0.05) is 0 Å². The van der Waals surface area contributed by atoms with Crippen LogP contribution in [0, 0.1) is 0 Å². The van der Waals surface area contributed by atoms with Gasteiger partial charge in [0.2, 0.25) is 0 Å². The molecule has 1 heterocycles. The molecule has 6 nitrogen and oxygen atoms in total. The van der Waals surface area contributed by atoms with E-state index in [4.69, 9.17) is 13.9 Å². The number of anilines is 2. The van der Waals surface area contributed by atoms with Crippen molar-refractivity contribution in [3.05, 3.63) is 137 Å². The summed E-state index contributed by atoms with van der Waals surface area (Å²) in [6, 6.07) is 40.0. The molecule has 0 aliphatic heterocycles. The van der Waals surface area contributed by atoms with E-state index in [0.29, 0.717) is 10.3 Å². The Kier molecular flexibility index (Phi) is 8.93. The number of carbonyl (C=O) groups is 1. The summed E-state index contributed by atoms with van der Waals surface area (Å²) in [7, 11) is 1.87. The predicted molar refractivity (Wildman–Crippen MR) is 170 cm³/mol. The molecule has 4 aromatic carbocycles. The summed E-state index contributed by atoms with van der Waals surface area (Å²) in [6.07, 6.45) is 0. The molecule has 0 unspecified atom stereocenters.